The molecule has 0 saturated heterocycles. The van der Waals surface area contributed by atoms with Crippen LogP contribution in [0, 0.1) is 0 Å². The van der Waals surface area contributed by atoms with Crippen LogP contribution in [0.4, 0.5) is 0 Å². The van der Waals surface area contributed by atoms with Crippen LogP contribution in [0.5, 0.6) is 0 Å². The molecule has 0 atom stereocenters. The summed E-state index contributed by atoms with van der Waals surface area (Å²) in [6.45, 7) is 0. The van der Waals surface area contributed by atoms with Crippen molar-refractivity contribution in [3.63, 3.8) is 0 Å². The lowest BCUT2D eigenvalue weighted by molar-refractivity contribution is 0.0697. The Morgan fingerprint density at radius 1 is 0.947 bits per heavy atom. The molecule has 0 unspecified atom stereocenters. The number of benzene rings is 1. The van der Waals surface area contributed by atoms with Crippen LogP contribution in [0.2, 0.25) is 0 Å². The number of nitrogens with zero attached hydrogens (tertiary/aromatic N) is 6. The molecule has 0 aliphatic rings. The molecule has 0 radical (unpaired) electrons. The number of aromatic amines is 2. The van der Waals surface area contributed by atoms with Crippen molar-refractivity contribution in [1.29, 1.82) is 0 Å². The molecule has 0 fully saturated rings. The zero-order valence-electron chi connectivity index (χ0n) is 9.27. The Bertz CT molecular complexity index is 653. The predicted molar refractivity (Wildman–Crippen MR) is 59.7 cm³/mol. The van der Waals surface area contributed by atoms with Crippen LogP contribution >= 0.6 is 0 Å². The first-order valence-corrected chi connectivity index (χ1v) is 5.10. The number of H-pyrrole nitrogens is 2. The summed E-state index contributed by atoms with van der Waals surface area (Å²) in [6.07, 6.45) is 0. The van der Waals surface area contributed by atoms with E-state index >= 15 is 0 Å². The SMILES string of the molecule is O=C(O)c1cc(-c2nn[nH]n2)cc(-c2nn[nH]n2)c1. The van der Waals surface area contributed by atoms with E-state index in [-0.39, 0.29) is 17.2 Å². The maximum Gasteiger partial charge on any atom is 0.335 e. The van der Waals surface area contributed by atoms with Crippen molar-refractivity contribution >= 4 is 5.97 Å². The summed E-state index contributed by atoms with van der Waals surface area (Å²) in [6, 6.07) is 4.54. The van der Waals surface area contributed by atoms with Crippen molar-refractivity contribution in [3.8, 4) is 22.8 Å². The number of carboxylic acid groups (broad SMARTS) is 1. The lowest BCUT2D eigenvalue weighted by atomic mass is 10.0. The summed E-state index contributed by atoms with van der Waals surface area (Å²) in [7, 11) is 0. The molecule has 0 bridgehead atoms. The van der Waals surface area contributed by atoms with E-state index in [0.29, 0.717) is 11.1 Å². The van der Waals surface area contributed by atoms with E-state index in [9.17, 15) is 4.79 Å². The standard InChI is InChI=1S/C9H6N8O2/c18-9(19)6-2-4(7-10-14-15-11-7)1-5(3-6)8-12-16-17-13-8/h1-3H,(H,18,19)(H,10,11,14,15)(H,12,13,16,17). The second-order valence-corrected chi connectivity index (χ2v) is 3.58. The van der Waals surface area contributed by atoms with Gasteiger partial charge in [-0.1, -0.05) is 0 Å². The predicted octanol–water partition coefficient (Wildman–Crippen LogP) is -0.255. The van der Waals surface area contributed by atoms with Crippen LogP contribution in [0.1, 0.15) is 10.4 Å². The van der Waals surface area contributed by atoms with Crippen LogP contribution in [-0.2, 0) is 0 Å². The smallest absolute Gasteiger partial charge is 0.335 e. The Hall–Kier alpha value is -3.17. The fourth-order valence-electron chi connectivity index (χ4n) is 1.58. The Kier molecular flexibility index (Phi) is 2.45. The van der Waals surface area contributed by atoms with Gasteiger partial charge in [-0.3, -0.25) is 0 Å². The first-order chi connectivity index (χ1) is 9.24. The summed E-state index contributed by atoms with van der Waals surface area (Å²) in [5.74, 6) is -0.504. The quantitative estimate of drug-likeness (QED) is 0.582. The number of carboxylic acids is 1. The van der Waals surface area contributed by atoms with Gasteiger partial charge in [0, 0.05) is 11.1 Å². The van der Waals surface area contributed by atoms with E-state index in [4.69, 9.17) is 5.11 Å². The summed E-state index contributed by atoms with van der Waals surface area (Å²) in [4.78, 5) is 11.1. The minimum absolute atomic E-state index is 0.0714. The molecular weight excluding hydrogens is 252 g/mol. The molecule has 1 aromatic carbocycles. The molecule has 3 aromatic rings. The molecule has 0 aliphatic heterocycles. The van der Waals surface area contributed by atoms with E-state index < -0.39 is 5.97 Å². The van der Waals surface area contributed by atoms with Crippen LogP contribution in [0.15, 0.2) is 18.2 Å². The molecule has 10 heteroatoms. The molecule has 19 heavy (non-hydrogen) atoms. The number of aromatic carboxylic acids is 1. The summed E-state index contributed by atoms with van der Waals surface area (Å²) >= 11 is 0. The van der Waals surface area contributed by atoms with Gasteiger partial charge in [-0.15, -0.1) is 20.4 Å². The number of hydrogen-bond donors (Lipinski definition) is 3. The molecule has 0 saturated carbocycles. The summed E-state index contributed by atoms with van der Waals surface area (Å²) < 4.78 is 0. The van der Waals surface area contributed by atoms with E-state index in [1.165, 1.54) is 12.1 Å². The molecule has 10 nitrogen and oxygen atoms in total. The minimum atomic E-state index is -1.07. The summed E-state index contributed by atoms with van der Waals surface area (Å²) in [5.41, 5.74) is 1.06. The number of carbonyl (C=O) groups is 1. The van der Waals surface area contributed by atoms with Gasteiger partial charge < -0.3 is 5.11 Å². The third-order valence-corrected chi connectivity index (χ3v) is 2.39. The van der Waals surface area contributed by atoms with Crippen LogP contribution in [0.25, 0.3) is 22.8 Å². The van der Waals surface area contributed by atoms with Crippen molar-refractivity contribution in [1.82, 2.24) is 41.2 Å². The molecule has 0 amide bonds. The molecule has 94 valence electrons. The van der Waals surface area contributed by atoms with Crippen LogP contribution in [-0.4, -0.2) is 52.3 Å². The van der Waals surface area contributed by atoms with Gasteiger partial charge in [-0.2, -0.15) is 10.4 Å². The van der Waals surface area contributed by atoms with Crippen molar-refractivity contribution in [2.24, 2.45) is 0 Å². The lowest BCUT2D eigenvalue weighted by Gasteiger charge is -2.02. The highest BCUT2D eigenvalue weighted by Crippen LogP contribution is 2.23. The first kappa shape index (κ1) is 11.0. The van der Waals surface area contributed by atoms with Gasteiger partial charge in [0.25, 0.3) is 0 Å². The summed E-state index contributed by atoms with van der Waals surface area (Å²) in [5, 5.41) is 35.8. The van der Waals surface area contributed by atoms with E-state index in [1.54, 1.807) is 6.07 Å². The fourth-order valence-corrected chi connectivity index (χ4v) is 1.58. The van der Waals surface area contributed by atoms with Crippen LogP contribution in [0.3, 0.4) is 0 Å². The fraction of sp³-hybridized carbons (Fsp3) is 0. The average Bonchev–Trinajstić information content (AvgIpc) is 3.11. The average molecular weight is 258 g/mol. The number of nitrogens with one attached hydrogen (secondary N) is 2. The van der Waals surface area contributed by atoms with E-state index in [0.717, 1.165) is 0 Å². The van der Waals surface area contributed by atoms with Gasteiger partial charge in [-0.05, 0) is 28.6 Å². The second-order valence-electron chi connectivity index (χ2n) is 3.58. The zero-order chi connectivity index (χ0) is 13.2. The van der Waals surface area contributed by atoms with Gasteiger partial charge in [0.05, 0.1) is 5.56 Å². The van der Waals surface area contributed by atoms with Crippen LogP contribution < -0.4 is 0 Å². The highest BCUT2D eigenvalue weighted by molar-refractivity contribution is 5.91. The van der Waals surface area contributed by atoms with Gasteiger partial charge in [-0.25, -0.2) is 4.79 Å². The van der Waals surface area contributed by atoms with E-state index in [1.807, 2.05) is 0 Å². The van der Waals surface area contributed by atoms with Crippen molar-refractivity contribution in [3.05, 3.63) is 23.8 Å². The monoisotopic (exact) mass is 258 g/mol. The molecular formula is C9H6N8O2. The van der Waals surface area contributed by atoms with Gasteiger partial charge in [0.1, 0.15) is 0 Å². The zero-order valence-corrected chi connectivity index (χ0v) is 9.27. The lowest BCUT2D eigenvalue weighted by Crippen LogP contribution is -1.98. The molecule has 3 rings (SSSR count). The molecule has 3 N–H and O–H groups in total. The van der Waals surface area contributed by atoms with Crippen molar-refractivity contribution in [2.45, 2.75) is 0 Å². The Labute approximate surface area is 104 Å². The normalized spacial score (nSPS) is 10.5. The number of hydrogen-bond acceptors (Lipinski definition) is 7. The Morgan fingerprint density at radius 2 is 1.47 bits per heavy atom. The second kappa shape index (κ2) is 4.25. The molecule has 2 aromatic heterocycles. The highest BCUT2D eigenvalue weighted by atomic mass is 16.4. The maximum absolute atomic E-state index is 11.1. The first-order valence-electron chi connectivity index (χ1n) is 5.10. The Morgan fingerprint density at radius 3 is 1.84 bits per heavy atom. The van der Waals surface area contributed by atoms with Crippen molar-refractivity contribution in [2.75, 3.05) is 0 Å². The third kappa shape index (κ3) is 2.01. The number of tetrazole rings is 2. The minimum Gasteiger partial charge on any atom is -0.478 e. The Balaban J connectivity index is 2.18. The third-order valence-electron chi connectivity index (χ3n) is 2.39. The molecule has 0 aliphatic carbocycles. The van der Waals surface area contributed by atoms with E-state index in [2.05, 4.69) is 41.2 Å². The number of aromatic nitrogens is 8. The van der Waals surface area contributed by atoms with Gasteiger partial charge in [0.15, 0.2) is 0 Å². The number of rotatable bonds is 3. The highest BCUT2D eigenvalue weighted by Gasteiger charge is 2.13. The maximum atomic E-state index is 11.1. The van der Waals surface area contributed by atoms with Gasteiger partial charge >= 0.3 is 5.97 Å². The largest absolute Gasteiger partial charge is 0.478 e. The topological polar surface area (TPSA) is 146 Å². The van der Waals surface area contributed by atoms with Crippen molar-refractivity contribution < 1.29 is 9.90 Å². The molecule has 2 heterocycles. The van der Waals surface area contributed by atoms with Gasteiger partial charge in [0.2, 0.25) is 11.6 Å². The molecule has 0 spiro atoms.